The first-order valence-electron chi connectivity index (χ1n) is 4.85. The van der Waals surface area contributed by atoms with Crippen molar-refractivity contribution in [2.45, 2.75) is 0 Å². The molecule has 4 nitrogen and oxygen atoms in total. The zero-order valence-corrected chi connectivity index (χ0v) is 9.62. The molecule has 0 spiro atoms. The summed E-state index contributed by atoms with van der Waals surface area (Å²) in [5.74, 6) is 4.31. The van der Waals surface area contributed by atoms with Crippen molar-refractivity contribution in [3.05, 3.63) is 47.0 Å². The highest BCUT2D eigenvalue weighted by Crippen LogP contribution is 2.09. The number of imidazole rings is 1. The average molecular weight is 243 g/mol. The number of primary amides is 1. The van der Waals surface area contributed by atoms with Crippen molar-refractivity contribution in [3.8, 4) is 17.5 Å². The summed E-state index contributed by atoms with van der Waals surface area (Å²) in [5, 5.41) is 0. The van der Waals surface area contributed by atoms with Crippen molar-refractivity contribution in [3.63, 3.8) is 0 Å². The zero-order chi connectivity index (χ0) is 12.3. The van der Waals surface area contributed by atoms with Gasteiger partial charge in [0.05, 0.1) is 0 Å². The van der Waals surface area contributed by atoms with Gasteiger partial charge in [-0.15, -0.1) is 0 Å². The molecule has 2 aromatic rings. The van der Waals surface area contributed by atoms with Crippen LogP contribution in [0.15, 0.2) is 36.7 Å². The van der Waals surface area contributed by atoms with Gasteiger partial charge in [-0.3, -0.25) is 9.36 Å². The van der Waals surface area contributed by atoms with Crippen molar-refractivity contribution in [1.82, 2.24) is 9.55 Å². The van der Waals surface area contributed by atoms with E-state index >= 15 is 0 Å². The van der Waals surface area contributed by atoms with Crippen LogP contribution in [0.4, 0.5) is 0 Å². The summed E-state index contributed by atoms with van der Waals surface area (Å²) in [6, 6.07) is 7.35. The van der Waals surface area contributed by atoms with E-state index in [2.05, 4.69) is 16.8 Å². The largest absolute Gasteiger partial charge is 0.359 e. The van der Waals surface area contributed by atoms with E-state index in [4.69, 9.17) is 18.0 Å². The second kappa shape index (κ2) is 4.68. The van der Waals surface area contributed by atoms with Crippen LogP contribution in [0.25, 0.3) is 5.69 Å². The van der Waals surface area contributed by atoms with Crippen LogP contribution < -0.4 is 5.73 Å². The number of hydrogen-bond acceptors (Lipinski definition) is 2. The molecule has 0 bridgehead atoms. The maximum absolute atomic E-state index is 10.5. The number of nitrogens with two attached hydrogens (primary N) is 1. The van der Waals surface area contributed by atoms with E-state index < -0.39 is 5.91 Å². The molecule has 0 atom stereocenters. The Kier molecular flexibility index (Phi) is 3.08. The predicted octanol–water partition coefficient (Wildman–Crippen LogP) is 1.37. The molecule has 1 heterocycles. The molecule has 0 radical (unpaired) electrons. The third-order valence-corrected chi connectivity index (χ3v) is 2.44. The number of nitrogens with zero attached hydrogens (tertiary/aromatic N) is 1. The van der Waals surface area contributed by atoms with Crippen molar-refractivity contribution in [1.29, 1.82) is 0 Å². The monoisotopic (exact) mass is 243 g/mol. The summed E-state index contributed by atoms with van der Waals surface area (Å²) in [7, 11) is 0. The Hall–Kier alpha value is -2.32. The molecule has 5 heteroatoms. The fraction of sp³-hybridized carbons (Fsp3) is 0. The molecule has 2 rings (SSSR count). The Morgan fingerprint density at radius 1 is 1.35 bits per heavy atom. The minimum Gasteiger partial charge on any atom is -0.359 e. The van der Waals surface area contributed by atoms with E-state index in [-0.39, 0.29) is 0 Å². The van der Waals surface area contributed by atoms with Gasteiger partial charge in [0, 0.05) is 23.6 Å². The van der Waals surface area contributed by atoms with Crippen LogP contribution in [-0.4, -0.2) is 15.5 Å². The minimum absolute atomic E-state index is 0.626. The number of carbonyl (C=O) groups is 1. The molecule has 0 saturated carbocycles. The van der Waals surface area contributed by atoms with Crippen LogP contribution in [-0.2, 0) is 4.79 Å². The maximum atomic E-state index is 10.5. The van der Waals surface area contributed by atoms with E-state index in [9.17, 15) is 4.79 Å². The van der Waals surface area contributed by atoms with Gasteiger partial charge in [-0.2, -0.15) is 0 Å². The van der Waals surface area contributed by atoms with Crippen LogP contribution in [0.5, 0.6) is 0 Å². The molecule has 1 aromatic carbocycles. The van der Waals surface area contributed by atoms with Gasteiger partial charge in [0.2, 0.25) is 0 Å². The van der Waals surface area contributed by atoms with Gasteiger partial charge >= 0.3 is 0 Å². The lowest BCUT2D eigenvalue weighted by Crippen LogP contribution is -2.06. The first-order valence-corrected chi connectivity index (χ1v) is 5.25. The van der Waals surface area contributed by atoms with Crippen molar-refractivity contribution in [2.24, 2.45) is 5.73 Å². The van der Waals surface area contributed by atoms with Crippen molar-refractivity contribution in [2.75, 3.05) is 0 Å². The Morgan fingerprint density at radius 2 is 2.06 bits per heavy atom. The summed E-state index contributed by atoms with van der Waals surface area (Å²) >= 11 is 5.10. The number of amides is 1. The normalized spacial score (nSPS) is 9.41. The number of hydrogen-bond donors (Lipinski definition) is 2. The summed E-state index contributed by atoms with van der Waals surface area (Å²) < 4.78 is 2.46. The molecule has 0 unspecified atom stereocenters. The quantitative estimate of drug-likeness (QED) is 0.587. The smallest absolute Gasteiger partial charge is 0.293 e. The summed E-state index contributed by atoms with van der Waals surface area (Å²) in [4.78, 5) is 13.4. The Balaban J connectivity index is 2.32. The second-order valence-corrected chi connectivity index (χ2v) is 3.68. The Labute approximate surface area is 103 Å². The molecular weight excluding hydrogens is 234 g/mol. The summed E-state index contributed by atoms with van der Waals surface area (Å²) in [6.07, 6.45) is 3.61. The van der Waals surface area contributed by atoms with Gasteiger partial charge in [-0.25, -0.2) is 0 Å². The molecule has 3 N–H and O–H groups in total. The lowest BCUT2D eigenvalue weighted by atomic mass is 10.2. The van der Waals surface area contributed by atoms with E-state index in [0.717, 1.165) is 11.3 Å². The zero-order valence-electron chi connectivity index (χ0n) is 8.81. The first-order chi connectivity index (χ1) is 8.16. The van der Waals surface area contributed by atoms with Gasteiger partial charge in [0.15, 0.2) is 4.77 Å². The van der Waals surface area contributed by atoms with Gasteiger partial charge in [0.1, 0.15) is 0 Å². The van der Waals surface area contributed by atoms with E-state index in [0.29, 0.717) is 4.77 Å². The number of H-pyrrole nitrogens is 1. The topological polar surface area (TPSA) is 63.8 Å². The third kappa shape index (κ3) is 2.62. The SMILES string of the molecule is NC(=O)C#Cc1ccc(-n2cc[nH]c2=S)cc1. The van der Waals surface area contributed by atoms with Crippen LogP contribution in [0.2, 0.25) is 0 Å². The van der Waals surface area contributed by atoms with E-state index in [1.165, 1.54) is 0 Å². The van der Waals surface area contributed by atoms with Gasteiger partial charge in [-0.1, -0.05) is 5.92 Å². The maximum Gasteiger partial charge on any atom is 0.293 e. The second-order valence-electron chi connectivity index (χ2n) is 3.30. The molecule has 0 aliphatic heterocycles. The fourth-order valence-corrected chi connectivity index (χ4v) is 1.60. The number of aromatic amines is 1. The number of benzene rings is 1. The number of aromatic nitrogens is 2. The predicted molar refractivity (Wildman–Crippen MR) is 67.0 cm³/mol. The number of rotatable bonds is 1. The molecule has 17 heavy (non-hydrogen) atoms. The fourth-order valence-electron chi connectivity index (χ4n) is 1.36. The standard InChI is InChI=1S/C12H9N3OS/c13-11(16)6-3-9-1-4-10(5-2-9)15-8-7-14-12(15)17/h1-2,4-5,7-8H,(H2,13,16)(H,14,17). The highest BCUT2D eigenvalue weighted by atomic mass is 32.1. The highest BCUT2D eigenvalue weighted by Gasteiger charge is 1.96. The van der Waals surface area contributed by atoms with E-state index in [1.807, 2.05) is 22.9 Å². The highest BCUT2D eigenvalue weighted by molar-refractivity contribution is 7.71. The Bertz CT molecular complexity index is 655. The average Bonchev–Trinajstić information content (AvgIpc) is 2.73. The van der Waals surface area contributed by atoms with Crippen LogP contribution in [0, 0.1) is 16.6 Å². The molecule has 0 aliphatic carbocycles. The van der Waals surface area contributed by atoms with Gasteiger partial charge < -0.3 is 10.7 Å². The minimum atomic E-state index is -0.637. The van der Waals surface area contributed by atoms with Crippen LogP contribution >= 0.6 is 12.2 Å². The lowest BCUT2D eigenvalue weighted by molar-refractivity contribution is -0.112. The lowest BCUT2D eigenvalue weighted by Gasteiger charge is -2.01. The van der Waals surface area contributed by atoms with Crippen LogP contribution in [0.1, 0.15) is 5.56 Å². The molecule has 1 amide bonds. The molecule has 0 aliphatic rings. The molecule has 84 valence electrons. The van der Waals surface area contributed by atoms with E-state index in [1.54, 1.807) is 18.3 Å². The van der Waals surface area contributed by atoms with Gasteiger partial charge in [0.25, 0.3) is 5.91 Å². The summed E-state index contributed by atoms with van der Waals surface area (Å²) in [5.41, 5.74) is 6.60. The third-order valence-electron chi connectivity index (χ3n) is 2.12. The molecular formula is C12H9N3OS. The molecule has 1 aromatic heterocycles. The van der Waals surface area contributed by atoms with Crippen molar-refractivity contribution < 1.29 is 4.79 Å². The first kappa shape index (κ1) is 11.2. The number of nitrogens with one attached hydrogen (secondary N) is 1. The molecule has 0 saturated heterocycles. The summed E-state index contributed by atoms with van der Waals surface area (Å²) in [6.45, 7) is 0. The van der Waals surface area contributed by atoms with Crippen LogP contribution in [0.3, 0.4) is 0 Å². The molecule has 0 fully saturated rings. The Morgan fingerprint density at radius 3 is 2.59 bits per heavy atom. The van der Waals surface area contributed by atoms with Crippen molar-refractivity contribution >= 4 is 18.1 Å². The van der Waals surface area contributed by atoms with Gasteiger partial charge in [-0.05, 0) is 42.4 Å². The number of carbonyl (C=O) groups excluding carboxylic acids is 1.